The molecular formula is C21H24ClN3O3. The predicted octanol–water partition coefficient (Wildman–Crippen LogP) is 3.58. The molecule has 0 saturated heterocycles. The fourth-order valence-electron chi connectivity index (χ4n) is 2.44. The average Bonchev–Trinajstić information content (AvgIpc) is 2.61. The number of carbonyl (C=O) groups is 3. The van der Waals surface area contributed by atoms with E-state index in [-0.39, 0.29) is 29.8 Å². The zero-order valence-electron chi connectivity index (χ0n) is 16.4. The number of hydrogen-bond donors (Lipinski definition) is 2. The maximum absolute atomic E-state index is 12.5. The first kappa shape index (κ1) is 21.4. The normalized spacial score (nSPS) is 10.9. The van der Waals surface area contributed by atoms with Gasteiger partial charge in [0.2, 0.25) is 5.91 Å². The van der Waals surface area contributed by atoms with E-state index in [0.717, 1.165) is 0 Å². The van der Waals surface area contributed by atoms with E-state index in [1.165, 1.54) is 11.9 Å². The van der Waals surface area contributed by atoms with Gasteiger partial charge in [0.25, 0.3) is 11.8 Å². The number of likely N-dealkylation sites (N-methyl/N-ethyl adjacent to an activating group) is 1. The van der Waals surface area contributed by atoms with E-state index in [0.29, 0.717) is 21.8 Å². The van der Waals surface area contributed by atoms with Crippen molar-refractivity contribution in [2.24, 2.45) is 0 Å². The zero-order chi connectivity index (χ0) is 20.9. The minimum Gasteiger partial charge on any atom is -0.347 e. The highest BCUT2D eigenvalue weighted by atomic mass is 35.5. The molecular weight excluding hydrogens is 378 g/mol. The van der Waals surface area contributed by atoms with E-state index in [9.17, 15) is 14.4 Å². The Morgan fingerprint density at radius 3 is 2.11 bits per heavy atom. The Hall–Kier alpha value is -2.86. The molecule has 0 aliphatic heterocycles. The van der Waals surface area contributed by atoms with Crippen LogP contribution in [0.4, 0.5) is 5.69 Å². The van der Waals surface area contributed by atoms with Gasteiger partial charge in [-0.3, -0.25) is 14.4 Å². The van der Waals surface area contributed by atoms with Crippen molar-refractivity contribution in [1.29, 1.82) is 0 Å². The van der Waals surface area contributed by atoms with E-state index >= 15 is 0 Å². The second-order valence-electron chi connectivity index (χ2n) is 7.47. The smallest absolute Gasteiger partial charge is 0.254 e. The molecule has 0 heterocycles. The highest BCUT2D eigenvalue weighted by Crippen LogP contribution is 2.20. The quantitative estimate of drug-likeness (QED) is 0.803. The van der Waals surface area contributed by atoms with Crippen LogP contribution in [-0.2, 0) is 4.79 Å². The molecule has 0 aromatic heterocycles. The molecule has 2 N–H and O–H groups in total. The summed E-state index contributed by atoms with van der Waals surface area (Å²) in [5.74, 6) is -0.888. The molecule has 0 unspecified atom stereocenters. The number of carbonyl (C=O) groups excluding carboxylic acids is 3. The summed E-state index contributed by atoms with van der Waals surface area (Å²) in [5.41, 5.74) is 0.996. The molecule has 0 aliphatic carbocycles. The fourth-order valence-corrected chi connectivity index (χ4v) is 2.62. The van der Waals surface area contributed by atoms with Crippen LogP contribution in [0.5, 0.6) is 0 Å². The summed E-state index contributed by atoms with van der Waals surface area (Å²) in [4.78, 5) is 38.2. The van der Waals surface area contributed by atoms with Crippen LogP contribution in [0.3, 0.4) is 0 Å². The number of halogens is 1. The van der Waals surface area contributed by atoms with Crippen molar-refractivity contribution in [2.75, 3.05) is 18.9 Å². The van der Waals surface area contributed by atoms with Crippen LogP contribution in [0.2, 0.25) is 5.02 Å². The van der Waals surface area contributed by atoms with Gasteiger partial charge in [0.05, 0.1) is 17.3 Å². The van der Waals surface area contributed by atoms with Gasteiger partial charge in [0.1, 0.15) is 0 Å². The Balaban J connectivity index is 1.98. The van der Waals surface area contributed by atoms with Crippen LogP contribution >= 0.6 is 11.6 Å². The molecule has 7 heteroatoms. The molecule has 2 aromatic rings. The second-order valence-corrected chi connectivity index (χ2v) is 7.88. The molecule has 3 amide bonds. The topological polar surface area (TPSA) is 78.5 Å². The summed E-state index contributed by atoms with van der Waals surface area (Å²) < 4.78 is 0. The number of para-hydroxylation sites is 1. The molecule has 148 valence electrons. The summed E-state index contributed by atoms with van der Waals surface area (Å²) in [6.45, 7) is 5.55. The third-order valence-corrected chi connectivity index (χ3v) is 4.09. The number of hydrogen-bond acceptors (Lipinski definition) is 3. The van der Waals surface area contributed by atoms with Crippen LogP contribution in [0.15, 0.2) is 48.5 Å². The van der Waals surface area contributed by atoms with Gasteiger partial charge in [-0.2, -0.15) is 0 Å². The minimum absolute atomic E-state index is 0.129. The molecule has 0 atom stereocenters. The van der Waals surface area contributed by atoms with E-state index in [1.807, 2.05) is 20.8 Å². The van der Waals surface area contributed by atoms with E-state index in [4.69, 9.17) is 11.6 Å². The summed E-state index contributed by atoms with van der Waals surface area (Å²) in [6, 6.07) is 13.2. The standard InChI is InChI=1S/C21H24ClN3O3/c1-21(2,3)24-19(27)14-9-11-15(12-10-14)20(28)25(4)13-18(26)23-17-8-6-5-7-16(17)22/h5-12H,13H2,1-4H3,(H,23,26)(H,24,27). The Kier molecular flexibility index (Phi) is 6.80. The minimum atomic E-state index is -0.356. The van der Waals surface area contributed by atoms with Crippen molar-refractivity contribution in [3.8, 4) is 0 Å². The molecule has 0 spiro atoms. The van der Waals surface area contributed by atoms with Gasteiger partial charge in [-0.1, -0.05) is 23.7 Å². The zero-order valence-corrected chi connectivity index (χ0v) is 17.1. The summed E-state index contributed by atoms with van der Waals surface area (Å²) in [7, 11) is 1.54. The van der Waals surface area contributed by atoms with Crippen molar-refractivity contribution in [2.45, 2.75) is 26.3 Å². The molecule has 0 radical (unpaired) electrons. The van der Waals surface area contributed by atoms with Crippen LogP contribution in [-0.4, -0.2) is 41.8 Å². The molecule has 0 aliphatic rings. The van der Waals surface area contributed by atoms with Crippen LogP contribution < -0.4 is 10.6 Å². The lowest BCUT2D eigenvalue weighted by Crippen LogP contribution is -2.40. The van der Waals surface area contributed by atoms with Gasteiger partial charge in [-0.05, 0) is 57.2 Å². The molecule has 0 saturated carbocycles. The number of nitrogens with zero attached hydrogens (tertiary/aromatic N) is 1. The maximum Gasteiger partial charge on any atom is 0.254 e. The molecule has 0 bridgehead atoms. The molecule has 0 fully saturated rings. The number of anilines is 1. The predicted molar refractivity (Wildman–Crippen MR) is 111 cm³/mol. The van der Waals surface area contributed by atoms with Crippen LogP contribution in [0, 0.1) is 0 Å². The van der Waals surface area contributed by atoms with Crippen molar-refractivity contribution in [3.05, 3.63) is 64.7 Å². The van der Waals surface area contributed by atoms with Crippen molar-refractivity contribution < 1.29 is 14.4 Å². The summed E-state index contributed by atoms with van der Waals surface area (Å²) in [6.07, 6.45) is 0. The van der Waals surface area contributed by atoms with Crippen molar-refractivity contribution in [1.82, 2.24) is 10.2 Å². The van der Waals surface area contributed by atoms with E-state index in [2.05, 4.69) is 10.6 Å². The first-order valence-electron chi connectivity index (χ1n) is 8.79. The lowest BCUT2D eigenvalue weighted by molar-refractivity contribution is -0.116. The van der Waals surface area contributed by atoms with Gasteiger partial charge in [-0.15, -0.1) is 0 Å². The molecule has 28 heavy (non-hydrogen) atoms. The fraction of sp³-hybridized carbons (Fsp3) is 0.286. The third kappa shape index (κ3) is 6.09. The van der Waals surface area contributed by atoms with Gasteiger partial charge >= 0.3 is 0 Å². The number of nitrogens with one attached hydrogen (secondary N) is 2. The Labute approximate surface area is 169 Å². The van der Waals surface area contributed by atoms with Crippen molar-refractivity contribution >= 4 is 35.0 Å². The Morgan fingerprint density at radius 1 is 0.964 bits per heavy atom. The van der Waals surface area contributed by atoms with Crippen LogP contribution in [0.1, 0.15) is 41.5 Å². The third-order valence-electron chi connectivity index (χ3n) is 3.76. The first-order valence-corrected chi connectivity index (χ1v) is 9.17. The number of rotatable bonds is 5. The number of amides is 3. The molecule has 2 aromatic carbocycles. The molecule has 2 rings (SSSR count). The SMILES string of the molecule is CN(CC(=O)Nc1ccccc1Cl)C(=O)c1ccc(C(=O)NC(C)(C)C)cc1. The Bertz CT molecular complexity index is 873. The maximum atomic E-state index is 12.5. The van der Waals surface area contributed by atoms with E-state index in [1.54, 1.807) is 48.5 Å². The van der Waals surface area contributed by atoms with Gasteiger partial charge in [0.15, 0.2) is 0 Å². The highest BCUT2D eigenvalue weighted by molar-refractivity contribution is 6.33. The van der Waals surface area contributed by atoms with Gasteiger partial charge in [0, 0.05) is 23.7 Å². The monoisotopic (exact) mass is 401 g/mol. The number of benzene rings is 2. The summed E-state index contributed by atoms with van der Waals surface area (Å²) in [5, 5.41) is 5.96. The average molecular weight is 402 g/mol. The van der Waals surface area contributed by atoms with Gasteiger partial charge < -0.3 is 15.5 Å². The first-order chi connectivity index (χ1) is 13.1. The highest BCUT2D eigenvalue weighted by Gasteiger charge is 2.18. The molecule has 6 nitrogen and oxygen atoms in total. The second kappa shape index (κ2) is 8.89. The Morgan fingerprint density at radius 2 is 1.54 bits per heavy atom. The largest absolute Gasteiger partial charge is 0.347 e. The van der Waals surface area contributed by atoms with Gasteiger partial charge in [-0.25, -0.2) is 0 Å². The van der Waals surface area contributed by atoms with E-state index < -0.39 is 0 Å². The lowest BCUT2D eigenvalue weighted by atomic mass is 10.1. The summed E-state index contributed by atoms with van der Waals surface area (Å²) >= 11 is 6.02. The lowest BCUT2D eigenvalue weighted by Gasteiger charge is -2.20. The van der Waals surface area contributed by atoms with Crippen molar-refractivity contribution in [3.63, 3.8) is 0 Å². The van der Waals surface area contributed by atoms with Crippen LogP contribution in [0.25, 0.3) is 0 Å².